The standard InChI is InChI=1S/C20H28N4O3S/c1-20(2,3)19(26)22-17-7-10-21-24(17)14-8-11-23(12-9-14)18(25)16-6-5-15(27-16)13-28-4/h5-7,10,14H,8-9,11-13H2,1-4H3,(H,22,26). The molecule has 0 atom stereocenters. The molecular formula is C20H28N4O3S. The maximum atomic E-state index is 12.7. The summed E-state index contributed by atoms with van der Waals surface area (Å²) in [6.45, 7) is 6.91. The molecule has 28 heavy (non-hydrogen) atoms. The number of furan rings is 1. The first-order valence-electron chi connectivity index (χ1n) is 9.51. The Morgan fingerprint density at radius 3 is 2.61 bits per heavy atom. The van der Waals surface area contributed by atoms with Crippen molar-refractivity contribution in [1.82, 2.24) is 14.7 Å². The SMILES string of the molecule is CSCc1ccc(C(=O)N2CCC(n3nccc3NC(=O)C(C)(C)C)CC2)o1. The number of nitrogens with zero attached hydrogens (tertiary/aromatic N) is 3. The second kappa shape index (κ2) is 8.43. The first kappa shape index (κ1) is 20.5. The van der Waals surface area contributed by atoms with Crippen molar-refractivity contribution in [2.75, 3.05) is 24.7 Å². The Labute approximate surface area is 169 Å². The Bertz CT molecular complexity index is 829. The van der Waals surface area contributed by atoms with Crippen molar-refractivity contribution >= 4 is 29.4 Å². The molecule has 0 unspecified atom stereocenters. The molecule has 2 amide bonds. The van der Waals surface area contributed by atoms with Crippen molar-refractivity contribution in [1.29, 1.82) is 0 Å². The minimum atomic E-state index is -0.469. The summed E-state index contributed by atoms with van der Waals surface area (Å²) in [5, 5.41) is 7.37. The predicted octanol–water partition coefficient (Wildman–Crippen LogP) is 3.80. The quantitative estimate of drug-likeness (QED) is 0.820. The largest absolute Gasteiger partial charge is 0.455 e. The highest BCUT2D eigenvalue weighted by atomic mass is 32.2. The maximum absolute atomic E-state index is 12.7. The van der Waals surface area contributed by atoms with Crippen LogP contribution in [0.5, 0.6) is 0 Å². The van der Waals surface area contributed by atoms with Gasteiger partial charge in [-0.15, -0.1) is 0 Å². The summed E-state index contributed by atoms with van der Waals surface area (Å²) in [6, 6.07) is 5.59. The molecule has 0 bridgehead atoms. The number of rotatable bonds is 5. The molecule has 0 radical (unpaired) electrons. The van der Waals surface area contributed by atoms with Crippen molar-refractivity contribution in [3.63, 3.8) is 0 Å². The molecule has 0 spiro atoms. The topological polar surface area (TPSA) is 80.4 Å². The lowest BCUT2D eigenvalue weighted by Crippen LogP contribution is -2.39. The van der Waals surface area contributed by atoms with E-state index in [1.54, 1.807) is 24.0 Å². The van der Waals surface area contributed by atoms with Gasteiger partial charge in [-0.1, -0.05) is 20.8 Å². The number of hydrogen-bond acceptors (Lipinski definition) is 5. The normalized spacial score (nSPS) is 15.6. The molecule has 2 aromatic rings. The predicted molar refractivity (Wildman–Crippen MR) is 110 cm³/mol. The van der Waals surface area contributed by atoms with Gasteiger partial charge in [0.05, 0.1) is 18.0 Å². The Morgan fingerprint density at radius 1 is 1.25 bits per heavy atom. The van der Waals surface area contributed by atoms with Crippen molar-refractivity contribution in [3.8, 4) is 0 Å². The van der Waals surface area contributed by atoms with E-state index in [4.69, 9.17) is 4.42 Å². The van der Waals surface area contributed by atoms with Crippen LogP contribution in [-0.4, -0.2) is 45.8 Å². The number of thioether (sulfide) groups is 1. The Balaban J connectivity index is 1.60. The third kappa shape index (κ3) is 4.60. The zero-order chi connectivity index (χ0) is 20.3. The molecule has 0 aliphatic carbocycles. The molecule has 3 rings (SSSR count). The van der Waals surface area contributed by atoms with E-state index >= 15 is 0 Å². The van der Waals surface area contributed by atoms with E-state index in [0.717, 1.165) is 24.4 Å². The minimum Gasteiger partial charge on any atom is -0.455 e. The number of carbonyl (C=O) groups excluding carboxylic acids is 2. The van der Waals surface area contributed by atoms with E-state index in [0.29, 0.717) is 24.7 Å². The molecule has 1 fully saturated rings. The number of nitrogens with one attached hydrogen (secondary N) is 1. The third-order valence-corrected chi connectivity index (χ3v) is 5.42. The second-order valence-corrected chi connectivity index (χ2v) is 8.95. The van der Waals surface area contributed by atoms with Crippen LogP contribution in [0, 0.1) is 5.41 Å². The number of piperidine rings is 1. The molecular weight excluding hydrogens is 376 g/mol. The zero-order valence-electron chi connectivity index (χ0n) is 16.9. The van der Waals surface area contributed by atoms with Crippen molar-refractivity contribution in [3.05, 3.63) is 35.9 Å². The van der Waals surface area contributed by atoms with Crippen LogP contribution in [0.15, 0.2) is 28.8 Å². The highest BCUT2D eigenvalue weighted by Gasteiger charge is 2.29. The van der Waals surface area contributed by atoms with E-state index in [9.17, 15) is 9.59 Å². The van der Waals surface area contributed by atoms with Gasteiger partial charge in [-0.2, -0.15) is 16.9 Å². The average Bonchev–Trinajstić information content (AvgIpc) is 3.30. The van der Waals surface area contributed by atoms with Crippen LogP contribution in [0.1, 0.15) is 56.0 Å². The molecule has 3 heterocycles. The van der Waals surface area contributed by atoms with Crippen LogP contribution >= 0.6 is 11.8 Å². The molecule has 152 valence electrons. The van der Waals surface area contributed by atoms with Gasteiger partial charge in [0.25, 0.3) is 5.91 Å². The van der Waals surface area contributed by atoms with Crippen LogP contribution in [-0.2, 0) is 10.5 Å². The molecule has 0 saturated carbocycles. The zero-order valence-corrected chi connectivity index (χ0v) is 17.7. The van der Waals surface area contributed by atoms with Gasteiger partial charge in [0.2, 0.25) is 5.91 Å². The molecule has 7 nitrogen and oxygen atoms in total. The first-order chi connectivity index (χ1) is 13.3. The van der Waals surface area contributed by atoms with Crippen LogP contribution in [0.25, 0.3) is 0 Å². The van der Waals surface area contributed by atoms with Gasteiger partial charge >= 0.3 is 0 Å². The number of amides is 2. The lowest BCUT2D eigenvalue weighted by molar-refractivity contribution is -0.123. The molecule has 0 aromatic carbocycles. The van der Waals surface area contributed by atoms with Gasteiger partial charge < -0.3 is 14.6 Å². The highest BCUT2D eigenvalue weighted by Crippen LogP contribution is 2.27. The van der Waals surface area contributed by atoms with Gasteiger partial charge in [0, 0.05) is 24.6 Å². The maximum Gasteiger partial charge on any atom is 0.289 e. The van der Waals surface area contributed by atoms with Gasteiger partial charge in [0.15, 0.2) is 5.76 Å². The number of likely N-dealkylation sites (tertiary alicyclic amines) is 1. The van der Waals surface area contributed by atoms with E-state index in [1.165, 1.54) is 0 Å². The third-order valence-electron chi connectivity index (χ3n) is 4.85. The summed E-state index contributed by atoms with van der Waals surface area (Å²) in [6.07, 6.45) is 5.27. The summed E-state index contributed by atoms with van der Waals surface area (Å²) in [7, 11) is 0. The highest BCUT2D eigenvalue weighted by molar-refractivity contribution is 7.97. The number of carbonyl (C=O) groups is 2. The van der Waals surface area contributed by atoms with Crippen molar-refractivity contribution in [2.45, 2.75) is 45.4 Å². The first-order valence-corrected chi connectivity index (χ1v) is 10.9. The number of hydrogen-bond donors (Lipinski definition) is 1. The Hall–Kier alpha value is -2.22. The lowest BCUT2D eigenvalue weighted by Gasteiger charge is -2.32. The summed E-state index contributed by atoms with van der Waals surface area (Å²) < 4.78 is 7.53. The van der Waals surface area contributed by atoms with Crippen molar-refractivity contribution < 1.29 is 14.0 Å². The Kier molecular flexibility index (Phi) is 6.17. The van der Waals surface area contributed by atoms with Crippen LogP contribution < -0.4 is 5.32 Å². The van der Waals surface area contributed by atoms with Crippen LogP contribution in [0.3, 0.4) is 0 Å². The fraction of sp³-hybridized carbons (Fsp3) is 0.550. The van der Waals surface area contributed by atoms with Gasteiger partial charge in [-0.05, 0) is 31.2 Å². The minimum absolute atomic E-state index is 0.0410. The van der Waals surface area contributed by atoms with E-state index in [-0.39, 0.29) is 17.9 Å². The molecule has 1 aliphatic rings. The fourth-order valence-electron chi connectivity index (χ4n) is 3.19. The van der Waals surface area contributed by atoms with E-state index < -0.39 is 5.41 Å². The summed E-state index contributed by atoms with van der Waals surface area (Å²) in [5.74, 6) is 2.59. The van der Waals surface area contributed by atoms with E-state index in [1.807, 2.05) is 48.7 Å². The van der Waals surface area contributed by atoms with Gasteiger partial charge in [0.1, 0.15) is 11.6 Å². The van der Waals surface area contributed by atoms with Crippen molar-refractivity contribution in [2.24, 2.45) is 5.41 Å². The summed E-state index contributed by atoms with van der Waals surface area (Å²) in [4.78, 5) is 26.8. The van der Waals surface area contributed by atoms with Gasteiger partial charge in [-0.25, -0.2) is 4.68 Å². The fourth-order valence-corrected chi connectivity index (χ4v) is 3.63. The second-order valence-electron chi connectivity index (χ2n) is 8.09. The molecule has 1 saturated heterocycles. The monoisotopic (exact) mass is 404 g/mol. The Morgan fingerprint density at radius 2 is 1.96 bits per heavy atom. The molecule has 2 aromatic heterocycles. The van der Waals surface area contributed by atoms with Crippen LogP contribution in [0.2, 0.25) is 0 Å². The van der Waals surface area contributed by atoms with E-state index in [2.05, 4.69) is 10.4 Å². The number of anilines is 1. The summed E-state index contributed by atoms with van der Waals surface area (Å²) in [5.41, 5.74) is -0.469. The van der Waals surface area contributed by atoms with Gasteiger partial charge in [-0.3, -0.25) is 9.59 Å². The molecule has 8 heteroatoms. The average molecular weight is 405 g/mol. The molecule has 1 N–H and O–H groups in total. The lowest BCUT2D eigenvalue weighted by atomic mass is 9.96. The van der Waals surface area contributed by atoms with Crippen LogP contribution in [0.4, 0.5) is 5.82 Å². The number of aromatic nitrogens is 2. The molecule has 1 aliphatic heterocycles. The summed E-state index contributed by atoms with van der Waals surface area (Å²) >= 11 is 1.66. The smallest absolute Gasteiger partial charge is 0.289 e.